The van der Waals surface area contributed by atoms with Crippen molar-refractivity contribution in [1.82, 2.24) is 19.3 Å². The second kappa shape index (κ2) is 6.94. The summed E-state index contributed by atoms with van der Waals surface area (Å²) in [5.74, 6) is -0.437. The summed E-state index contributed by atoms with van der Waals surface area (Å²) in [6, 6.07) is 14.3. The number of hydrogen-bond donors (Lipinski definition) is 1. The summed E-state index contributed by atoms with van der Waals surface area (Å²) in [5, 5.41) is 7.80. The summed E-state index contributed by atoms with van der Waals surface area (Å²) in [6.45, 7) is 1.90. The van der Waals surface area contributed by atoms with Crippen LogP contribution in [0.2, 0.25) is 5.02 Å². The Balaban J connectivity index is 1.89. The van der Waals surface area contributed by atoms with Gasteiger partial charge in [-0.1, -0.05) is 29.8 Å². The highest BCUT2D eigenvalue weighted by Gasteiger charge is 2.22. The molecule has 28 heavy (non-hydrogen) atoms. The highest BCUT2D eigenvalue weighted by Crippen LogP contribution is 2.21. The van der Waals surface area contributed by atoms with Gasteiger partial charge in [0, 0.05) is 17.8 Å². The van der Waals surface area contributed by atoms with E-state index in [9.17, 15) is 9.59 Å². The predicted octanol–water partition coefficient (Wildman–Crippen LogP) is 3.33. The zero-order valence-electron chi connectivity index (χ0n) is 15.2. The fourth-order valence-electron chi connectivity index (χ4n) is 2.90. The zero-order chi connectivity index (χ0) is 19.8. The quantitative estimate of drug-likeness (QED) is 0.578. The zero-order valence-corrected chi connectivity index (χ0v) is 15.9. The van der Waals surface area contributed by atoms with Crippen molar-refractivity contribution in [2.45, 2.75) is 6.92 Å². The van der Waals surface area contributed by atoms with E-state index in [1.807, 2.05) is 25.1 Å². The van der Waals surface area contributed by atoms with Crippen molar-refractivity contribution >= 4 is 34.2 Å². The average molecular weight is 394 g/mol. The number of hydrogen-bond acceptors (Lipinski definition) is 4. The minimum absolute atomic E-state index is 0.0749. The summed E-state index contributed by atoms with van der Waals surface area (Å²) in [4.78, 5) is 29.9. The van der Waals surface area contributed by atoms with Crippen LogP contribution >= 0.6 is 11.6 Å². The molecule has 0 aliphatic heterocycles. The second-order valence-corrected chi connectivity index (χ2v) is 6.80. The van der Waals surface area contributed by atoms with Crippen LogP contribution in [0.25, 0.3) is 16.7 Å². The Morgan fingerprint density at radius 3 is 2.54 bits per heavy atom. The lowest BCUT2D eigenvalue weighted by atomic mass is 10.2. The molecule has 2 aromatic carbocycles. The van der Waals surface area contributed by atoms with Crippen LogP contribution in [-0.2, 0) is 7.05 Å². The molecule has 0 saturated heterocycles. The number of para-hydroxylation sites is 1. The first-order chi connectivity index (χ1) is 13.5. The van der Waals surface area contributed by atoms with Gasteiger partial charge in [-0.05, 0) is 42.8 Å². The van der Waals surface area contributed by atoms with E-state index in [-0.39, 0.29) is 22.3 Å². The Morgan fingerprint density at radius 1 is 1.11 bits per heavy atom. The number of carbonyl (C=O) groups is 1. The topological polar surface area (TPSA) is 81.8 Å². The summed E-state index contributed by atoms with van der Waals surface area (Å²) in [5.41, 5.74) is 2.43. The summed E-state index contributed by atoms with van der Waals surface area (Å²) < 4.78 is 2.77. The van der Waals surface area contributed by atoms with Crippen molar-refractivity contribution in [2.24, 2.45) is 7.05 Å². The maximum Gasteiger partial charge on any atom is 0.279 e. The monoisotopic (exact) mass is 393 g/mol. The molecule has 0 aliphatic carbocycles. The predicted molar refractivity (Wildman–Crippen MR) is 108 cm³/mol. The number of rotatable bonds is 3. The maximum absolute atomic E-state index is 12.9. The van der Waals surface area contributed by atoms with Crippen LogP contribution in [0.1, 0.15) is 16.1 Å². The van der Waals surface area contributed by atoms with Gasteiger partial charge in [-0.15, -0.1) is 0 Å². The smallest absolute Gasteiger partial charge is 0.279 e. The number of aryl methyl sites for hydroxylation is 2. The molecule has 0 spiro atoms. The Hall–Kier alpha value is -3.45. The minimum atomic E-state index is -0.437. The van der Waals surface area contributed by atoms with Crippen LogP contribution in [0, 0.1) is 6.92 Å². The molecule has 4 rings (SSSR count). The number of halogens is 1. The molecule has 8 heteroatoms. The molecule has 4 aromatic rings. The van der Waals surface area contributed by atoms with Gasteiger partial charge >= 0.3 is 0 Å². The molecule has 0 saturated carbocycles. The third-order valence-corrected chi connectivity index (χ3v) is 4.67. The Kier molecular flexibility index (Phi) is 4.44. The van der Waals surface area contributed by atoms with E-state index in [1.165, 1.54) is 15.6 Å². The van der Waals surface area contributed by atoms with E-state index >= 15 is 0 Å². The van der Waals surface area contributed by atoms with Crippen LogP contribution in [0.5, 0.6) is 0 Å². The SMILES string of the molecule is Cc1ccccc1NC(=O)c1nn(-c2ccc(Cl)cc2)c2c(=O)n(C)cnc12. The van der Waals surface area contributed by atoms with E-state index in [0.717, 1.165) is 5.56 Å². The van der Waals surface area contributed by atoms with Gasteiger partial charge < -0.3 is 9.88 Å². The molecule has 0 unspecified atom stereocenters. The molecule has 0 radical (unpaired) electrons. The summed E-state index contributed by atoms with van der Waals surface area (Å²) >= 11 is 5.96. The first kappa shape index (κ1) is 17.9. The van der Waals surface area contributed by atoms with Crippen molar-refractivity contribution in [3.05, 3.63) is 81.5 Å². The third-order valence-electron chi connectivity index (χ3n) is 4.42. The number of benzene rings is 2. The van der Waals surface area contributed by atoms with Gasteiger partial charge in [0.05, 0.1) is 12.0 Å². The number of nitrogens with zero attached hydrogens (tertiary/aromatic N) is 4. The van der Waals surface area contributed by atoms with Gasteiger partial charge in [-0.25, -0.2) is 9.67 Å². The van der Waals surface area contributed by atoms with Crippen molar-refractivity contribution in [2.75, 3.05) is 5.32 Å². The molecule has 7 nitrogen and oxygen atoms in total. The van der Waals surface area contributed by atoms with Crippen LogP contribution in [0.4, 0.5) is 5.69 Å². The number of carbonyl (C=O) groups excluding carboxylic acids is 1. The lowest BCUT2D eigenvalue weighted by molar-refractivity contribution is 0.102. The Morgan fingerprint density at radius 2 is 1.82 bits per heavy atom. The molecule has 0 bridgehead atoms. The summed E-state index contributed by atoms with van der Waals surface area (Å²) in [6.07, 6.45) is 1.38. The molecule has 140 valence electrons. The van der Waals surface area contributed by atoms with Gasteiger partial charge in [0.1, 0.15) is 5.52 Å². The normalized spacial score (nSPS) is 11.0. The van der Waals surface area contributed by atoms with E-state index in [1.54, 1.807) is 37.4 Å². The molecule has 1 N–H and O–H groups in total. The van der Waals surface area contributed by atoms with Crippen LogP contribution < -0.4 is 10.9 Å². The summed E-state index contributed by atoms with van der Waals surface area (Å²) in [7, 11) is 1.60. The highest BCUT2D eigenvalue weighted by molar-refractivity contribution is 6.30. The molecule has 2 heterocycles. The van der Waals surface area contributed by atoms with Crippen LogP contribution in [0.15, 0.2) is 59.7 Å². The highest BCUT2D eigenvalue weighted by atomic mass is 35.5. The lowest BCUT2D eigenvalue weighted by Crippen LogP contribution is -2.19. The fraction of sp³-hybridized carbons (Fsp3) is 0.100. The first-order valence-electron chi connectivity index (χ1n) is 8.53. The van der Waals surface area contributed by atoms with Crippen molar-refractivity contribution in [3.63, 3.8) is 0 Å². The van der Waals surface area contributed by atoms with E-state index in [2.05, 4.69) is 15.4 Å². The van der Waals surface area contributed by atoms with Crippen molar-refractivity contribution in [3.8, 4) is 5.69 Å². The van der Waals surface area contributed by atoms with Gasteiger partial charge in [0.2, 0.25) is 0 Å². The molecular weight excluding hydrogens is 378 g/mol. The molecule has 0 fully saturated rings. The van der Waals surface area contributed by atoms with Gasteiger partial charge in [-0.2, -0.15) is 5.10 Å². The Labute approximate surface area is 165 Å². The van der Waals surface area contributed by atoms with E-state index < -0.39 is 5.91 Å². The number of nitrogens with one attached hydrogen (secondary N) is 1. The molecule has 2 aromatic heterocycles. The standard InChI is InChI=1S/C20H16ClN5O2/c1-12-5-3-4-6-15(12)23-19(27)17-16-18(20(28)25(2)11-22-16)26(24-17)14-9-7-13(21)8-10-14/h3-11H,1-2H3,(H,23,27). The number of amides is 1. The minimum Gasteiger partial charge on any atom is -0.320 e. The van der Waals surface area contributed by atoms with Gasteiger partial charge in [0.25, 0.3) is 11.5 Å². The van der Waals surface area contributed by atoms with Gasteiger partial charge in [-0.3, -0.25) is 9.59 Å². The van der Waals surface area contributed by atoms with E-state index in [4.69, 9.17) is 11.6 Å². The molecular formula is C20H16ClN5O2. The third kappa shape index (κ3) is 3.05. The largest absolute Gasteiger partial charge is 0.320 e. The number of aromatic nitrogens is 4. The molecule has 0 atom stereocenters. The lowest BCUT2D eigenvalue weighted by Gasteiger charge is -2.06. The van der Waals surface area contributed by atoms with Crippen molar-refractivity contribution < 1.29 is 4.79 Å². The first-order valence-corrected chi connectivity index (χ1v) is 8.91. The Bertz CT molecular complexity index is 1260. The van der Waals surface area contributed by atoms with Crippen LogP contribution in [-0.4, -0.2) is 25.2 Å². The fourth-order valence-corrected chi connectivity index (χ4v) is 3.03. The average Bonchev–Trinajstić information content (AvgIpc) is 3.07. The number of fused-ring (bicyclic) bond motifs is 1. The maximum atomic E-state index is 12.9. The van der Waals surface area contributed by atoms with Gasteiger partial charge in [0.15, 0.2) is 11.2 Å². The van der Waals surface area contributed by atoms with Crippen molar-refractivity contribution in [1.29, 1.82) is 0 Å². The molecule has 0 aliphatic rings. The number of anilines is 1. The molecule has 1 amide bonds. The van der Waals surface area contributed by atoms with E-state index in [0.29, 0.717) is 16.4 Å². The second-order valence-electron chi connectivity index (χ2n) is 6.36. The van der Waals surface area contributed by atoms with Crippen LogP contribution in [0.3, 0.4) is 0 Å².